The molecule has 0 unspecified atom stereocenters. The van der Waals surface area contributed by atoms with E-state index in [1.165, 1.54) is 0 Å². The van der Waals surface area contributed by atoms with Crippen LogP contribution in [0.15, 0.2) is 102 Å². The first kappa shape index (κ1) is 16.8. The number of carbonyl (C=O) groups is 1. The molecular formula is C23H19N3O. The van der Waals surface area contributed by atoms with Crippen molar-refractivity contribution in [1.82, 2.24) is 5.43 Å². The summed E-state index contributed by atoms with van der Waals surface area (Å²) in [6.07, 6.45) is 0. The third kappa shape index (κ3) is 3.37. The first-order valence-electron chi connectivity index (χ1n) is 8.80. The van der Waals surface area contributed by atoms with Gasteiger partial charge in [0.2, 0.25) is 0 Å². The maximum Gasteiger partial charge on any atom is 0.295 e. The van der Waals surface area contributed by atoms with E-state index in [-0.39, 0.29) is 5.91 Å². The Balaban J connectivity index is 1.86. The Bertz CT molecular complexity index is 1010. The topological polar surface area (TPSA) is 44.7 Å². The quantitative estimate of drug-likeness (QED) is 0.709. The van der Waals surface area contributed by atoms with Gasteiger partial charge in [0, 0.05) is 5.56 Å². The molecule has 0 spiro atoms. The molecule has 0 saturated carbocycles. The molecule has 4 heteroatoms. The lowest BCUT2D eigenvalue weighted by Gasteiger charge is -2.30. The van der Waals surface area contributed by atoms with Gasteiger partial charge in [-0.3, -0.25) is 10.2 Å². The molecule has 0 bridgehead atoms. The van der Waals surface area contributed by atoms with E-state index in [1.54, 1.807) is 5.01 Å². The van der Waals surface area contributed by atoms with Gasteiger partial charge in [0.15, 0.2) is 5.84 Å². The SMILES string of the molecule is C/C(=C1\N=C(c2ccccc2)NN(c2ccccc2)C1=O)c1ccccc1. The van der Waals surface area contributed by atoms with Crippen LogP contribution in [0.3, 0.4) is 0 Å². The molecular weight excluding hydrogens is 334 g/mol. The molecule has 4 rings (SSSR count). The summed E-state index contributed by atoms with van der Waals surface area (Å²) in [5.41, 5.74) is 7.12. The zero-order valence-corrected chi connectivity index (χ0v) is 15.0. The van der Waals surface area contributed by atoms with Crippen molar-refractivity contribution in [3.05, 3.63) is 108 Å². The third-order valence-electron chi connectivity index (χ3n) is 4.47. The first-order chi connectivity index (χ1) is 13.2. The summed E-state index contributed by atoms with van der Waals surface area (Å²) in [5.74, 6) is 0.464. The largest absolute Gasteiger partial charge is 0.295 e. The summed E-state index contributed by atoms with van der Waals surface area (Å²) < 4.78 is 0. The van der Waals surface area contributed by atoms with E-state index in [2.05, 4.69) is 10.4 Å². The molecule has 1 aliphatic heterocycles. The van der Waals surface area contributed by atoms with Crippen LogP contribution in [0.1, 0.15) is 18.1 Å². The fourth-order valence-electron chi connectivity index (χ4n) is 3.00. The summed E-state index contributed by atoms with van der Waals surface area (Å²) >= 11 is 0. The minimum atomic E-state index is -0.178. The summed E-state index contributed by atoms with van der Waals surface area (Å²) in [7, 11) is 0. The number of rotatable bonds is 3. The Morgan fingerprint density at radius 1 is 0.815 bits per heavy atom. The van der Waals surface area contributed by atoms with Crippen LogP contribution < -0.4 is 10.4 Å². The second kappa shape index (κ2) is 7.30. The Morgan fingerprint density at radius 2 is 1.37 bits per heavy atom. The molecule has 1 N–H and O–H groups in total. The maximum atomic E-state index is 13.2. The normalized spacial score (nSPS) is 15.8. The Labute approximate surface area is 158 Å². The second-order valence-electron chi connectivity index (χ2n) is 6.25. The predicted molar refractivity (Wildman–Crippen MR) is 109 cm³/mol. The van der Waals surface area contributed by atoms with Gasteiger partial charge in [-0.2, -0.15) is 0 Å². The summed E-state index contributed by atoms with van der Waals surface area (Å²) in [4.78, 5) is 17.9. The highest BCUT2D eigenvalue weighted by Gasteiger charge is 2.28. The van der Waals surface area contributed by atoms with Gasteiger partial charge in [-0.05, 0) is 30.2 Å². The monoisotopic (exact) mass is 353 g/mol. The Hall–Kier alpha value is -3.66. The smallest absolute Gasteiger partial charge is 0.274 e. The molecule has 0 aromatic heterocycles. The van der Waals surface area contributed by atoms with Gasteiger partial charge in [0.1, 0.15) is 5.70 Å². The zero-order chi connectivity index (χ0) is 18.6. The highest BCUT2D eigenvalue weighted by Crippen LogP contribution is 2.26. The van der Waals surface area contributed by atoms with Crippen LogP contribution in [0.2, 0.25) is 0 Å². The van der Waals surface area contributed by atoms with Crippen LogP contribution in [0.5, 0.6) is 0 Å². The lowest BCUT2D eigenvalue weighted by Crippen LogP contribution is -2.50. The van der Waals surface area contributed by atoms with E-state index < -0.39 is 0 Å². The van der Waals surface area contributed by atoms with Gasteiger partial charge in [-0.15, -0.1) is 0 Å². The van der Waals surface area contributed by atoms with E-state index in [4.69, 9.17) is 0 Å². The van der Waals surface area contributed by atoms with Gasteiger partial charge < -0.3 is 0 Å². The number of nitrogens with zero attached hydrogens (tertiary/aromatic N) is 2. The number of allylic oxidation sites excluding steroid dienone is 1. The number of hydrogen-bond acceptors (Lipinski definition) is 3. The molecule has 1 amide bonds. The van der Waals surface area contributed by atoms with E-state index in [9.17, 15) is 4.79 Å². The van der Waals surface area contributed by atoms with Crippen molar-refractivity contribution in [3.8, 4) is 0 Å². The van der Waals surface area contributed by atoms with Gasteiger partial charge in [0.25, 0.3) is 5.91 Å². The number of benzene rings is 3. The van der Waals surface area contributed by atoms with Crippen molar-refractivity contribution in [2.24, 2.45) is 4.99 Å². The van der Waals surface area contributed by atoms with Gasteiger partial charge in [-0.25, -0.2) is 10.0 Å². The van der Waals surface area contributed by atoms with Crippen molar-refractivity contribution < 1.29 is 4.79 Å². The van der Waals surface area contributed by atoms with E-state index >= 15 is 0 Å². The molecule has 132 valence electrons. The second-order valence-corrected chi connectivity index (χ2v) is 6.25. The van der Waals surface area contributed by atoms with Crippen molar-refractivity contribution >= 4 is 23.0 Å². The minimum Gasteiger partial charge on any atom is -0.274 e. The Morgan fingerprint density at radius 3 is 2.00 bits per heavy atom. The van der Waals surface area contributed by atoms with Crippen LogP contribution in [0.4, 0.5) is 5.69 Å². The van der Waals surface area contributed by atoms with E-state index in [0.29, 0.717) is 11.5 Å². The van der Waals surface area contributed by atoms with Gasteiger partial charge in [-0.1, -0.05) is 78.9 Å². The number of para-hydroxylation sites is 1. The molecule has 0 fully saturated rings. The number of aliphatic imine (C=N–C) groups is 1. The molecule has 1 heterocycles. The number of anilines is 1. The van der Waals surface area contributed by atoms with E-state index in [0.717, 1.165) is 22.4 Å². The third-order valence-corrected chi connectivity index (χ3v) is 4.47. The Kier molecular flexibility index (Phi) is 4.54. The number of nitrogens with one attached hydrogen (secondary N) is 1. The maximum absolute atomic E-state index is 13.2. The highest BCUT2D eigenvalue weighted by molar-refractivity contribution is 6.17. The van der Waals surface area contributed by atoms with Crippen LogP contribution in [0, 0.1) is 0 Å². The summed E-state index contributed by atoms with van der Waals surface area (Å²) in [5, 5.41) is 1.55. The van der Waals surface area contributed by atoms with Crippen LogP contribution >= 0.6 is 0 Å². The number of amides is 1. The summed E-state index contributed by atoms with van der Waals surface area (Å²) in [6.45, 7) is 1.93. The highest BCUT2D eigenvalue weighted by atomic mass is 16.2. The number of hydrogen-bond donors (Lipinski definition) is 1. The molecule has 0 aliphatic carbocycles. The standard InChI is InChI=1S/C23H19N3O/c1-17(18-11-5-2-6-12-18)21-23(27)26(20-15-9-4-10-16-20)25-22(24-21)19-13-7-3-8-14-19/h2-16H,1H3,(H,24,25)/b21-17+. The lowest BCUT2D eigenvalue weighted by atomic mass is 10.0. The van der Waals surface area contributed by atoms with Crippen molar-refractivity contribution in [2.45, 2.75) is 6.92 Å². The number of amidine groups is 1. The van der Waals surface area contributed by atoms with Gasteiger partial charge >= 0.3 is 0 Å². The molecule has 0 saturated heterocycles. The molecule has 27 heavy (non-hydrogen) atoms. The van der Waals surface area contributed by atoms with E-state index in [1.807, 2.05) is 97.9 Å². The van der Waals surface area contributed by atoms with Crippen molar-refractivity contribution in [2.75, 3.05) is 5.01 Å². The average Bonchev–Trinajstić information content (AvgIpc) is 2.75. The summed E-state index contributed by atoms with van der Waals surface area (Å²) in [6, 6.07) is 29.2. The number of hydrazine groups is 1. The predicted octanol–water partition coefficient (Wildman–Crippen LogP) is 4.42. The molecule has 3 aromatic carbocycles. The molecule has 0 radical (unpaired) electrons. The van der Waals surface area contributed by atoms with Gasteiger partial charge in [0.05, 0.1) is 5.69 Å². The van der Waals surface area contributed by atoms with Crippen molar-refractivity contribution in [1.29, 1.82) is 0 Å². The average molecular weight is 353 g/mol. The van der Waals surface area contributed by atoms with Crippen LogP contribution in [-0.4, -0.2) is 11.7 Å². The lowest BCUT2D eigenvalue weighted by molar-refractivity contribution is -0.115. The molecule has 3 aromatic rings. The molecule has 1 aliphatic rings. The molecule has 4 nitrogen and oxygen atoms in total. The van der Waals surface area contributed by atoms with Crippen molar-refractivity contribution in [3.63, 3.8) is 0 Å². The zero-order valence-electron chi connectivity index (χ0n) is 15.0. The first-order valence-corrected chi connectivity index (χ1v) is 8.80. The number of carbonyl (C=O) groups excluding carboxylic acids is 1. The fourth-order valence-corrected chi connectivity index (χ4v) is 3.00. The van der Waals surface area contributed by atoms with Crippen LogP contribution in [-0.2, 0) is 4.79 Å². The minimum absolute atomic E-state index is 0.178. The molecule has 0 atom stereocenters. The fraction of sp³-hybridized carbons (Fsp3) is 0.0435. The van der Waals surface area contributed by atoms with Crippen LogP contribution in [0.25, 0.3) is 5.57 Å².